The first-order chi connectivity index (χ1) is 8.08. The molecule has 7 heteroatoms. The Balaban J connectivity index is 1.94. The van der Waals surface area contributed by atoms with E-state index in [0.29, 0.717) is 24.8 Å². The molecule has 0 bridgehead atoms. The van der Waals surface area contributed by atoms with Crippen LogP contribution in [0.5, 0.6) is 0 Å². The van der Waals surface area contributed by atoms with Gasteiger partial charge in [0.15, 0.2) is 5.82 Å². The SMILES string of the molecule is Cc1nc(CNCc2c(Br)c(C)nn2C)no1. The summed E-state index contributed by atoms with van der Waals surface area (Å²) in [5, 5.41) is 11.4. The number of nitrogens with zero attached hydrogens (tertiary/aromatic N) is 4. The molecule has 0 amide bonds. The number of aromatic nitrogens is 4. The number of hydrogen-bond acceptors (Lipinski definition) is 5. The molecular formula is C10H14BrN5O. The van der Waals surface area contributed by atoms with Gasteiger partial charge in [-0.1, -0.05) is 5.16 Å². The number of hydrogen-bond donors (Lipinski definition) is 1. The fourth-order valence-corrected chi connectivity index (χ4v) is 2.05. The van der Waals surface area contributed by atoms with Crippen LogP contribution in [0, 0.1) is 13.8 Å². The van der Waals surface area contributed by atoms with Gasteiger partial charge in [-0.3, -0.25) is 4.68 Å². The minimum Gasteiger partial charge on any atom is -0.340 e. The van der Waals surface area contributed by atoms with E-state index in [0.717, 1.165) is 15.9 Å². The summed E-state index contributed by atoms with van der Waals surface area (Å²) in [4.78, 5) is 4.12. The predicted molar refractivity (Wildman–Crippen MR) is 65.2 cm³/mol. The van der Waals surface area contributed by atoms with Crippen LogP contribution in [0.2, 0.25) is 0 Å². The van der Waals surface area contributed by atoms with Crippen molar-refractivity contribution in [1.82, 2.24) is 25.2 Å². The van der Waals surface area contributed by atoms with Gasteiger partial charge in [0.25, 0.3) is 0 Å². The molecule has 6 nitrogen and oxygen atoms in total. The van der Waals surface area contributed by atoms with E-state index in [-0.39, 0.29) is 0 Å². The quantitative estimate of drug-likeness (QED) is 0.926. The standard InChI is InChI=1S/C10H14BrN5O/c1-6-10(11)8(16(3)14-6)4-12-5-9-13-7(2)17-15-9/h12H,4-5H2,1-3H3. The van der Waals surface area contributed by atoms with Crippen molar-refractivity contribution in [3.8, 4) is 0 Å². The summed E-state index contributed by atoms with van der Waals surface area (Å²) in [7, 11) is 1.92. The number of halogens is 1. The minimum atomic E-state index is 0.577. The van der Waals surface area contributed by atoms with Gasteiger partial charge in [0, 0.05) is 20.5 Å². The van der Waals surface area contributed by atoms with E-state index < -0.39 is 0 Å². The molecule has 0 atom stereocenters. The summed E-state index contributed by atoms with van der Waals surface area (Å²) >= 11 is 3.52. The van der Waals surface area contributed by atoms with Gasteiger partial charge in [-0.05, 0) is 22.9 Å². The van der Waals surface area contributed by atoms with Crippen LogP contribution in [-0.4, -0.2) is 19.9 Å². The largest absolute Gasteiger partial charge is 0.340 e. The summed E-state index contributed by atoms with van der Waals surface area (Å²) < 4.78 is 7.78. The summed E-state index contributed by atoms with van der Waals surface area (Å²) in [6.07, 6.45) is 0. The Morgan fingerprint density at radius 3 is 2.65 bits per heavy atom. The number of nitrogens with one attached hydrogen (secondary N) is 1. The molecule has 0 fully saturated rings. The second kappa shape index (κ2) is 4.97. The lowest BCUT2D eigenvalue weighted by atomic mass is 10.3. The van der Waals surface area contributed by atoms with Crippen LogP contribution >= 0.6 is 15.9 Å². The molecule has 0 unspecified atom stereocenters. The Morgan fingerprint density at radius 2 is 2.12 bits per heavy atom. The van der Waals surface area contributed by atoms with E-state index in [1.165, 1.54) is 0 Å². The van der Waals surface area contributed by atoms with Crippen molar-refractivity contribution in [3.63, 3.8) is 0 Å². The average molecular weight is 300 g/mol. The Bertz CT molecular complexity index is 519. The van der Waals surface area contributed by atoms with Crippen LogP contribution in [0.3, 0.4) is 0 Å². The van der Waals surface area contributed by atoms with Gasteiger partial charge in [0.05, 0.1) is 22.4 Å². The monoisotopic (exact) mass is 299 g/mol. The zero-order chi connectivity index (χ0) is 12.4. The van der Waals surface area contributed by atoms with E-state index >= 15 is 0 Å². The van der Waals surface area contributed by atoms with Crippen LogP contribution in [0.1, 0.15) is 23.1 Å². The van der Waals surface area contributed by atoms with E-state index in [9.17, 15) is 0 Å². The van der Waals surface area contributed by atoms with Crippen molar-refractivity contribution in [2.45, 2.75) is 26.9 Å². The third-order valence-corrected chi connectivity index (χ3v) is 3.44. The molecule has 0 aliphatic rings. The van der Waals surface area contributed by atoms with Crippen LogP contribution < -0.4 is 5.32 Å². The molecule has 17 heavy (non-hydrogen) atoms. The highest BCUT2D eigenvalue weighted by molar-refractivity contribution is 9.10. The highest BCUT2D eigenvalue weighted by atomic mass is 79.9. The highest BCUT2D eigenvalue weighted by Crippen LogP contribution is 2.19. The van der Waals surface area contributed by atoms with E-state index in [1.54, 1.807) is 6.92 Å². The number of aryl methyl sites for hydroxylation is 3. The fourth-order valence-electron chi connectivity index (χ4n) is 1.58. The second-order valence-corrected chi connectivity index (χ2v) is 4.60. The lowest BCUT2D eigenvalue weighted by Gasteiger charge is -2.03. The van der Waals surface area contributed by atoms with Gasteiger partial charge >= 0.3 is 0 Å². The van der Waals surface area contributed by atoms with E-state index in [4.69, 9.17) is 4.52 Å². The summed E-state index contributed by atoms with van der Waals surface area (Å²) in [6.45, 7) is 5.02. The lowest BCUT2D eigenvalue weighted by Crippen LogP contribution is -2.16. The van der Waals surface area contributed by atoms with Crippen molar-refractivity contribution in [2.24, 2.45) is 7.05 Å². The Kier molecular flexibility index (Phi) is 3.58. The van der Waals surface area contributed by atoms with E-state index in [1.807, 2.05) is 18.7 Å². The number of rotatable bonds is 4. The van der Waals surface area contributed by atoms with Crippen molar-refractivity contribution in [3.05, 3.63) is 27.6 Å². The van der Waals surface area contributed by atoms with Gasteiger partial charge in [0.2, 0.25) is 5.89 Å². The van der Waals surface area contributed by atoms with Gasteiger partial charge in [-0.15, -0.1) is 0 Å². The van der Waals surface area contributed by atoms with Gasteiger partial charge in [-0.2, -0.15) is 10.1 Å². The highest BCUT2D eigenvalue weighted by Gasteiger charge is 2.10. The van der Waals surface area contributed by atoms with E-state index in [2.05, 4.69) is 36.5 Å². The first-order valence-corrected chi connectivity index (χ1v) is 6.05. The van der Waals surface area contributed by atoms with Crippen molar-refractivity contribution in [1.29, 1.82) is 0 Å². The average Bonchev–Trinajstić information content (AvgIpc) is 2.78. The zero-order valence-electron chi connectivity index (χ0n) is 9.99. The van der Waals surface area contributed by atoms with Crippen LogP contribution in [0.25, 0.3) is 0 Å². The molecular weight excluding hydrogens is 286 g/mol. The third kappa shape index (κ3) is 2.73. The fraction of sp³-hybridized carbons (Fsp3) is 0.500. The smallest absolute Gasteiger partial charge is 0.223 e. The van der Waals surface area contributed by atoms with Crippen molar-refractivity contribution < 1.29 is 4.52 Å². The minimum absolute atomic E-state index is 0.577. The zero-order valence-corrected chi connectivity index (χ0v) is 11.6. The van der Waals surface area contributed by atoms with Gasteiger partial charge in [0.1, 0.15) is 0 Å². The molecule has 2 heterocycles. The Hall–Kier alpha value is -1.21. The normalized spacial score (nSPS) is 11.1. The first kappa shape index (κ1) is 12.3. The molecule has 0 spiro atoms. The molecule has 0 saturated heterocycles. The molecule has 2 rings (SSSR count). The molecule has 0 aliphatic heterocycles. The molecule has 1 N–H and O–H groups in total. The van der Waals surface area contributed by atoms with Crippen molar-refractivity contribution >= 4 is 15.9 Å². The maximum absolute atomic E-state index is 4.89. The predicted octanol–water partition coefficient (Wildman–Crippen LogP) is 1.47. The molecule has 0 aliphatic carbocycles. The second-order valence-electron chi connectivity index (χ2n) is 3.80. The third-order valence-electron chi connectivity index (χ3n) is 2.41. The van der Waals surface area contributed by atoms with Crippen molar-refractivity contribution in [2.75, 3.05) is 0 Å². The van der Waals surface area contributed by atoms with Crippen LogP contribution in [0.4, 0.5) is 0 Å². The Morgan fingerprint density at radius 1 is 1.35 bits per heavy atom. The Labute approximate surface area is 108 Å². The first-order valence-electron chi connectivity index (χ1n) is 5.26. The lowest BCUT2D eigenvalue weighted by molar-refractivity contribution is 0.385. The maximum atomic E-state index is 4.89. The molecule has 2 aromatic rings. The molecule has 0 radical (unpaired) electrons. The molecule has 0 aromatic carbocycles. The summed E-state index contributed by atoms with van der Waals surface area (Å²) in [6, 6.07) is 0. The topological polar surface area (TPSA) is 68.8 Å². The summed E-state index contributed by atoms with van der Waals surface area (Å²) in [5.74, 6) is 1.25. The van der Waals surface area contributed by atoms with Gasteiger partial charge < -0.3 is 9.84 Å². The van der Waals surface area contributed by atoms with Gasteiger partial charge in [-0.25, -0.2) is 0 Å². The molecule has 92 valence electrons. The maximum Gasteiger partial charge on any atom is 0.223 e. The molecule has 2 aromatic heterocycles. The molecule has 0 saturated carbocycles. The van der Waals surface area contributed by atoms with Crippen LogP contribution in [-0.2, 0) is 20.1 Å². The van der Waals surface area contributed by atoms with Crippen LogP contribution in [0.15, 0.2) is 9.00 Å². The summed E-state index contributed by atoms with van der Waals surface area (Å²) in [5.41, 5.74) is 2.09.